The van der Waals surface area contributed by atoms with Gasteiger partial charge in [-0.15, -0.1) is 0 Å². The highest BCUT2D eigenvalue weighted by Gasteiger charge is 2.39. The van der Waals surface area contributed by atoms with Crippen molar-refractivity contribution < 1.29 is 24.3 Å². The highest BCUT2D eigenvalue weighted by Crippen LogP contribution is 2.34. The van der Waals surface area contributed by atoms with Gasteiger partial charge in [-0.05, 0) is 53.4 Å². The van der Waals surface area contributed by atoms with Crippen LogP contribution in [0.15, 0.2) is 77.5 Å². The summed E-state index contributed by atoms with van der Waals surface area (Å²) in [5.74, 6) is -2.73. The first-order valence-electron chi connectivity index (χ1n) is 11.1. The van der Waals surface area contributed by atoms with Crippen LogP contribution < -0.4 is 20.6 Å². The van der Waals surface area contributed by atoms with Gasteiger partial charge >= 0.3 is 0 Å². The molecular weight excluding hydrogens is 517 g/mol. The summed E-state index contributed by atoms with van der Waals surface area (Å²) in [6.07, 6.45) is 0.111. The molecular formula is C27H20Cl2N3O5-. The van der Waals surface area contributed by atoms with E-state index in [0.717, 1.165) is 16.0 Å². The SMILES string of the molecule is Cc1c(Cl)cccc1N1C(=O)C(Cl)=C(Nc2ccc(CC(=O)NCc3ccc(C(=O)[O-])cc3)cc2)C1=O. The molecule has 0 spiro atoms. The molecule has 37 heavy (non-hydrogen) atoms. The zero-order valence-electron chi connectivity index (χ0n) is 19.5. The maximum absolute atomic E-state index is 13.0. The summed E-state index contributed by atoms with van der Waals surface area (Å²) >= 11 is 12.4. The molecule has 1 aliphatic rings. The molecule has 10 heteroatoms. The maximum Gasteiger partial charge on any atom is 0.283 e. The van der Waals surface area contributed by atoms with Crippen molar-refractivity contribution in [2.75, 3.05) is 10.2 Å². The number of anilines is 2. The molecule has 3 aromatic rings. The zero-order chi connectivity index (χ0) is 26.7. The summed E-state index contributed by atoms with van der Waals surface area (Å²) in [4.78, 5) is 49.9. The first-order valence-corrected chi connectivity index (χ1v) is 11.9. The summed E-state index contributed by atoms with van der Waals surface area (Å²) < 4.78 is 0. The van der Waals surface area contributed by atoms with Crippen molar-refractivity contribution in [3.05, 3.63) is 105 Å². The van der Waals surface area contributed by atoms with E-state index in [1.165, 1.54) is 12.1 Å². The van der Waals surface area contributed by atoms with Crippen molar-refractivity contribution in [1.82, 2.24) is 5.32 Å². The molecule has 2 N–H and O–H groups in total. The summed E-state index contributed by atoms with van der Waals surface area (Å²) in [5.41, 5.74) is 2.93. The number of rotatable bonds is 8. The van der Waals surface area contributed by atoms with Crippen molar-refractivity contribution in [3.63, 3.8) is 0 Å². The Hall–Kier alpha value is -4.14. The van der Waals surface area contributed by atoms with E-state index in [-0.39, 0.29) is 35.2 Å². The number of imide groups is 1. The molecule has 0 unspecified atom stereocenters. The van der Waals surface area contributed by atoms with Gasteiger partial charge in [-0.3, -0.25) is 14.4 Å². The lowest BCUT2D eigenvalue weighted by molar-refractivity contribution is -0.255. The number of carbonyl (C=O) groups is 4. The van der Waals surface area contributed by atoms with Gasteiger partial charge in [0.2, 0.25) is 5.91 Å². The van der Waals surface area contributed by atoms with Crippen molar-refractivity contribution in [2.24, 2.45) is 0 Å². The molecule has 3 amide bonds. The number of carboxylic acids is 1. The van der Waals surface area contributed by atoms with E-state index < -0.39 is 17.8 Å². The number of hydrogen-bond donors (Lipinski definition) is 2. The third kappa shape index (κ3) is 5.66. The Bertz CT molecular complexity index is 1430. The van der Waals surface area contributed by atoms with Gasteiger partial charge in [-0.1, -0.05) is 65.7 Å². The zero-order valence-corrected chi connectivity index (χ0v) is 21.0. The second-order valence-electron chi connectivity index (χ2n) is 8.28. The molecule has 0 aromatic heterocycles. The quantitative estimate of drug-likeness (QED) is 0.426. The van der Waals surface area contributed by atoms with Gasteiger partial charge in [-0.2, -0.15) is 0 Å². The first kappa shape index (κ1) is 25.9. The number of carboxylic acid groups (broad SMARTS) is 1. The number of halogens is 2. The predicted octanol–water partition coefficient (Wildman–Crippen LogP) is 3.31. The van der Waals surface area contributed by atoms with Gasteiger partial charge in [-0.25, -0.2) is 4.90 Å². The molecule has 8 nitrogen and oxygen atoms in total. The molecule has 3 aromatic carbocycles. The molecule has 0 radical (unpaired) electrons. The smallest absolute Gasteiger partial charge is 0.283 e. The molecule has 4 rings (SSSR count). The van der Waals surface area contributed by atoms with Gasteiger partial charge < -0.3 is 20.5 Å². The number of nitrogens with one attached hydrogen (secondary N) is 2. The average Bonchev–Trinajstić information content (AvgIpc) is 3.09. The van der Waals surface area contributed by atoms with Crippen molar-refractivity contribution >= 4 is 58.3 Å². The minimum absolute atomic E-state index is 0.0544. The standard InChI is InChI=1S/C27H21Cl2N3O5/c1-15-20(28)3-2-4-21(15)32-25(34)23(29)24(26(32)35)31-19-11-7-16(8-12-19)13-22(33)30-14-17-5-9-18(10-6-17)27(36)37/h2-12,31H,13-14H2,1H3,(H,30,33)(H,36,37)/p-1. The van der Waals surface area contributed by atoms with Crippen LogP contribution in [0.3, 0.4) is 0 Å². The third-order valence-corrected chi connectivity index (χ3v) is 6.53. The predicted molar refractivity (Wildman–Crippen MR) is 138 cm³/mol. The number of aromatic carboxylic acids is 1. The summed E-state index contributed by atoms with van der Waals surface area (Å²) in [5, 5.41) is 16.7. The van der Waals surface area contributed by atoms with E-state index >= 15 is 0 Å². The van der Waals surface area contributed by atoms with E-state index in [2.05, 4.69) is 10.6 Å². The van der Waals surface area contributed by atoms with Crippen molar-refractivity contribution in [1.29, 1.82) is 0 Å². The fourth-order valence-electron chi connectivity index (χ4n) is 3.73. The second-order valence-corrected chi connectivity index (χ2v) is 9.06. The number of hydrogen-bond acceptors (Lipinski definition) is 6. The Labute approximate surface area is 222 Å². The molecule has 0 saturated heterocycles. The van der Waals surface area contributed by atoms with Crippen molar-refractivity contribution in [2.45, 2.75) is 19.9 Å². The lowest BCUT2D eigenvalue weighted by Gasteiger charge is -2.18. The van der Waals surface area contributed by atoms with E-state index in [0.29, 0.717) is 22.0 Å². The van der Waals surface area contributed by atoms with Gasteiger partial charge in [0.1, 0.15) is 10.7 Å². The van der Waals surface area contributed by atoms with Crippen molar-refractivity contribution in [3.8, 4) is 0 Å². The highest BCUT2D eigenvalue weighted by molar-refractivity contribution is 6.53. The molecule has 0 aliphatic carbocycles. The molecule has 1 aliphatic heterocycles. The Morgan fingerprint density at radius 1 is 0.892 bits per heavy atom. The van der Waals surface area contributed by atoms with E-state index in [4.69, 9.17) is 23.2 Å². The summed E-state index contributed by atoms with van der Waals surface area (Å²) in [6.45, 7) is 1.95. The molecule has 0 saturated carbocycles. The fraction of sp³-hybridized carbons (Fsp3) is 0.111. The minimum Gasteiger partial charge on any atom is -0.545 e. The summed E-state index contributed by atoms with van der Waals surface area (Å²) in [7, 11) is 0. The summed E-state index contributed by atoms with van der Waals surface area (Å²) in [6, 6.07) is 17.7. The number of amides is 3. The average molecular weight is 537 g/mol. The molecule has 0 bridgehead atoms. The van der Waals surface area contributed by atoms with Crippen LogP contribution in [-0.2, 0) is 27.3 Å². The van der Waals surface area contributed by atoms with Gasteiger partial charge in [0, 0.05) is 17.3 Å². The Morgan fingerprint density at radius 3 is 2.19 bits per heavy atom. The molecule has 0 atom stereocenters. The Morgan fingerprint density at radius 2 is 1.54 bits per heavy atom. The minimum atomic E-state index is -1.26. The van der Waals surface area contributed by atoms with Crippen LogP contribution in [0.4, 0.5) is 11.4 Å². The number of nitrogens with zero attached hydrogens (tertiary/aromatic N) is 1. The van der Waals surface area contributed by atoms with Crippen LogP contribution in [0, 0.1) is 6.92 Å². The van der Waals surface area contributed by atoms with Gasteiger partial charge in [0.15, 0.2) is 0 Å². The molecule has 0 fully saturated rings. The lowest BCUT2D eigenvalue weighted by atomic mass is 10.1. The number of benzene rings is 3. The maximum atomic E-state index is 13.0. The number of carbonyl (C=O) groups excluding carboxylic acids is 4. The monoisotopic (exact) mass is 536 g/mol. The molecule has 1 heterocycles. The van der Waals surface area contributed by atoms with Crippen LogP contribution in [0.2, 0.25) is 5.02 Å². The van der Waals surface area contributed by atoms with Crippen LogP contribution in [0.1, 0.15) is 27.0 Å². The van der Waals surface area contributed by atoms with Crippen LogP contribution in [0.5, 0.6) is 0 Å². The van der Waals surface area contributed by atoms with Crippen LogP contribution in [-0.4, -0.2) is 23.7 Å². The normalized spacial score (nSPS) is 13.2. The third-order valence-electron chi connectivity index (χ3n) is 5.77. The Kier molecular flexibility index (Phi) is 7.61. The second kappa shape index (κ2) is 10.9. The van der Waals surface area contributed by atoms with Crippen LogP contribution in [0.25, 0.3) is 0 Å². The Balaban J connectivity index is 1.37. The largest absolute Gasteiger partial charge is 0.545 e. The van der Waals surface area contributed by atoms with E-state index in [1.807, 2.05) is 0 Å². The fourth-order valence-corrected chi connectivity index (χ4v) is 4.11. The van der Waals surface area contributed by atoms with E-state index in [1.54, 1.807) is 61.5 Å². The van der Waals surface area contributed by atoms with E-state index in [9.17, 15) is 24.3 Å². The van der Waals surface area contributed by atoms with Crippen LogP contribution >= 0.6 is 23.2 Å². The van der Waals surface area contributed by atoms with Gasteiger partial charge in [0.25, 0.3) is 11.8 Å². The topological polar surface area (TPSA) is 119 Å². The first-order chi connectivity index (χ1) is 17.7. The highest BCUT2D eigenvalue weighted by atomic mass is 35.5. The van der Waals surface area contributed by atoms with Gasteiger partial charge in [0.05, 0.1) is 18.1 Å². The lowest BCUT2D eigenvalue weighted by Crippen LogP contribution is -2.32. The molecule has 188 valence electrons.